The molecular weight excluding hydrogens is 574 g/mol. The largest absolute Gasteiger partial charge is 0.505 e. The highest BCUT2D eigenvalue weighted by molar-refractivity contribution is 6.03. The number of aromatic hydroxyl groups is 1. The Balaban J connectivity index is 1.28. The molecule has 0 saturated carbocycles. The number of pyridine rings is 1. The van der Waals surface area contributed by atoms with Crippen LogP contribution in [0.1, 0.15) is 31.2 Å². The quantitative estimate of drug-likeness (QED) is 0.240. The van der Waals surface area contributed by atoms with Crippen molar-refractivity contribution in [3.8, 4) is 35.4 Å². The van der Waals surface area contributed by atoms with Gasteiger partial charge in [-0.15, -0.1) is 6.42 Å². The minimum absolute atomic E-state index is 0.0297. The van der Waals surface area contributed by atoms with Crippen molar-refractivity contribution in [2.24, 2.45) is 0 Å². The molecule has 2 atom stereocenters. The standard InChI is InChI=1S/C35H32F2N6O2/c1-4-21-6-5-7-24-28(21)25(10-27(44)29(24)36)31-30(37)32-26(13-38-31)33(42-16-22-8-9-23(17-42)39-22)41-34(40-32)45-18-35-11-19(2)14-43(35)15-20(3)12-35/h1,5-7,10,13,22-23,39,44H,2-3,8-9,11-12,14-18H2. The van der Waals surface area contributed by atoms with Crippen molar-refractivity contribution >= 4 is 27.5 Å². The van der Waals surface area contributed by atoms with Crippen molar-refractivity contribution in [3.05, 3.63) is 72.0 Å². The number of halogens is 2. The summed E-state index contributed by atoms with van der Waals surface area (Å²) in [5.41, 5.74) is 2.46. The van der Waals surface area contributed by atoms with Crippen LogP contribution in [-0.4, -0.2) is 75.4 Å². The molecule has 2 aromatic heterocycles. The van der Waals surface area contributed by atoms with E-state index in [9.17, 15) is 5.11 Å². The number of hydrogen-bond acceptors (Lipinski definition) is 8. The summed E-state index contributed by atoms with van der Waals surface area (Å²) in [7, 11) is 0. The molecule has 8 nitrogen and oxygen atoms in total. The third-order valence-corrected chi connectivity index (χ3v) is 9.77. The first-order valence-electron chi connectivity index (χ1n) is 15.2. The second-order valence-electron chi connectivity index (χ2n) is 12.9. The number of ether oxygens (including phenoxy) is 1. The molecule has 8 rings (SSSR count). The van der Waals surface area contributed by atoms with Gasteiger partial charge < -0.3 is 20.1 Å². The number of piperazine rings is 1. The van der Waals surface area contributed by atoms with E-state index in [1.165, 1.54) is 6.07 Å². The van der Waals surface area contributed by atoms with E-state index in [0.717, 1.165) is 56.0 Å². The molecule has 0 radical (unpaired) electrons. The molecule has 4 fully saturated rings. The fourth-order valence-corrected chi connectivity index (χ4v) is 7.88. The second kappa shape index (κ2) is 10.2. The summed E-state index contributed by atoms with van der Waals surface area (Å²) in [4.78, 5) is 18.5. The van der Waals surface area contributed by atoms with Gasteiger partial charge in [0, 0.05) is 66.4 Å². The van der Waals surface area contributed by atoms with Gasteiger partial charge in [0.25, 0.3) is 0 Å². The molecule has 0 aliphatic carbocycles. The number of fused-ring (bicyclic) bond motifs is 5. The van der Waals surface area contributed by atoms with E-state index in [1.807, 2.05) is 0 Å². The number of anilines is 1. The number of phenols is 1. The maximum absolute atomic E-state index is 16.8. The topological polar surface area (TPSA) is 86.6 Å². The lowest BCUT2D eigenvalue weighted by Crippen LogP contribution is -2.51. The van der Waals surface area contributed by atoms with E-state index < -0.39 is 17.4 Å². The fraction of sp³-hybridized carbons (Fsp3) is 0.343. The maximum Gasteiger partial charge on any atom is 0.319 e. The van der Waals surface area contributed by atoms with Gasteiger partial charge in [0.15, 0.2) is 17.4 Å². The zero-order valence-electron chi connectivity index (χ0n) is 24.7. The molecule has 45 heavy (non-hydrogen) atoms. The molecule has 2 aromatic carbocycles. The van der Waals surface area contributed by atoms with Crippen LogP contribution in [0.15, 0.2) is 54.8 Å². The summed E-state index contributed by atoms with van der Waals surface area (Å²) in [6.45, 7) is 11.7. The van der Waals surface area contributed by atoms with Crippen LogP contribution < -0.4 is 15.0 Å². The summed E-state index contributed by atoms with van der Waals surface area (Å²) in [6, 6.07) is 6.59. The molecule has 2 unspecified atom stereocenters. The minimum atomic E-state index is -0.835. The number of rotatable bonds is 5. The summed E-state index contributed by atoms with van der Waals surface area (Å²) in [6.07, 6.45) is 11.0. The summed E-state index contributed by atoms with van der Waals surface area (Å²) in [5, 5.41) is 14.9. The van der Waals surface area contributed by atoms with Crippen molar-refractivity contribution in [1.82, 2.24) is 25.2 Å². The highest BCUT2D eigenvalue weighted by Gasteiger charge is 2.48. The monoisotopic (exact) mass is 606 g/mol. The normalized spacial score (nSPS) is 22.4. The summed E-state index contributed by atoms with van der Waals surface area (Å²) >= 11 is 0. The lowest BCUT2D eigenvalue weighted by molar-refractivity contribution is 0.108. The molecule has 4 aromatic rings. The second-order valence-corrected chi connectivity index (χ2v) is 12.9. The molecule has 2 N–H and O–H groups in total. The lowest BCUT2D eigenvalue weighted by atomic mass is 9.92. The Morgan fingerprint density at radius 2 is 1.80 bits per heavy atom. The molecule has 4 aliphatic rings. The Morgan fingerprint density at radius 1 is 1.07 bits per heavy atom. The van der Waals surface area contributed by atoms with Gasteiger partial charge in [0.05, 0.1) is 10.9 Å². The number of phenolic OH excluding ortho intramolecular Hbond substituents is 1. The predicted octanol–water partition coefficient (Wildman–Crippen LogP) is 5.09. The summed E-state index contributed by atoms with van der Waals surface area (Å²) < 4.78 is 38.2. The van der Waals surface area contributed by atoms with Crippen molar-refractivity contribution in [1.29, 1.82) is 0 Å². The van der Waals surface area contributed by atoms with Gasteiger partial charge in [-0.1, -0.05) is 42.4 Å². The third kappa shape index (κ3) is 4.44. The van der Waals surface area contributed by atoms with Crippen molar-refractivity contribution in [3.63, 3.8) is 0 Å². The smallest absolute Gasteiger partial charge is 0.319 e. The van der Waals surface area contributed by atoms with Crippen LogP contribution in [-0.2, 0) is 0 Å². The van der Waals surface area contributed by atoms with Crippen LogP contribution in [0.4, 0.5) is 14.6 Å². The fourth-order valence-electron chi connectivity index (χ4n) is 7.88. The van der Waals surface area contributed by atoms with Crippen LogP contribution in [0.5, 0.6) is 11.8 Å². The first kappa shape index (κ1) is 27.9. The van der Waals surface area contributed by atoms with E-state index in [4.69, 9.17) is 16.1 Å². The lowest BCUT2D eigenvalue weighted by Gasteiger charge is -2.34. The minimum Gasteiger partial charge on any atom is -0.505 e. The van der Waals surface area contributed by atoms with E-state index in [1.54, 1.807) is 18.3 Å². The van der Waals surface area contributed by atoms with Gasteiger partial charge in [-0.05, 0) is 37.8 Å². The van der Waals surface area contributed by atoms with Crippen molar-refractivity contribution in [2.45, 2.75) is 43.3 Å². The number of terminal acetylenes is 1. The molecule has 0 amide bonds. The van der Waals surface area contributed by atoms with Crippen LogP contribution in [0.25, 0.3) is 32.9 Å². The van der Waals surface area contributed by atoms with Crippen LogP contribution in [0.2, 0.25) is 0 Å². The number of benzene rings is 2. The highest BCUT2D eigenvalue weighted by atomic mass is 19.1. The van der Waals surface area contributed by atoms with Gasteiger partial charge in [0.2, 0.25) is 0 Å². The maximum atomic E-state index is 16.8. The summed E-state index contributed by atoms with van der Waals surface area (Å²) in [5.74, 6) is 0.914. The Kier molecular flexibility index (Phi) is 6.34. The zero-order chi connectivity index (χ0) is 31.0. The highest BCUT2D eigenvalue weighted by Crippen LogP contribution is 2.44. The Morgan fingerprint density at radius 3 is 2.51 bits per heavy atom. The van der Waals surface area contributed by atoms with E-state index in [2.05, 4.69) is 44.2 Å². The predicted molar refractivity (Wildman–Crippen MR) is 169 cm³/mol. The Labute approximate surface area is 259 Å². The van der Waals surface area contributed by atoms with Gasteiger partial charge in [0.1, 0.15) is 23.6 Å². The first-order valence-corrected chi connectivity index (χ1v) is 15.2. The molecular formula is C35H32F2N6O2. The number of hydrogen-bond donors (Lipinski definition) is 2. The van der Waals surface area contributed by atoms with Crippen LogP contribution in [0.3, 0.4) is 0 Å². The van der Waals surface area contributed by atoms with E-state index in [0.29, 0.717) is 48.5 Å². The molecule has 228 valence electrons. The average Bonchev–Trinajstić information content (AvgIpc) is 3.64. The zero-order valence-corrected chi connectivity index (χ0v) is 24.7. The molecule has 4 aliphatic heterocycles. The van der Waals surface area contributed by atoms with E-state index in [-0.39, 0.29) is 39.1 Å². The molecule has 0 spiro atoms. The van der Waals surface area contributed by atoms with Gasteiger partial charge in [-0.25, -0.2) is 8.78 Å². The Bertz CT molecular complexity index is 1960. The first-order chi connectivity index (χ1) is 21.7. The number of aromatic nitrogens is 3. The van der Waals surface area contributed by atoms with Gasteiger partial charge >= 0.3 is 6.01 Å². The third-order valence-electron chi connectivity index (χ3n) is 9.77. The van der Waals surface area contributed by atoms with Gasteiger partial charge in [-0.3, -0.25) is 9.88 Å². The van der Waals surface area contributed by atoms with Crippen molar-refractivity contribution < 1.29 is 18.6 Å². The molecule has 6 heterocycles. The van der Waals surface area contributed by atoms with Gasteiger partial charge in [-0.2, -0.15) is 9.97 Å². The number of nitrogens with one attached hydrogen (secondary N) is 1. The van der Waals surface area contributed by atoms with Crippen molar-refractivity contribution in [2.75, 3.05) is 37.7 Å². The Hall–Kier alpha value is -4.59. The van der Waals surface area contributed by atoms with Crippen LogP contribution in [0, 0.1) is 24.0 Å². The van der Waals surface area contributed by atoms with E-state index >= 15 is 8.78 Å². The molecule has 4 saturated heterocycles. The molecule has 2 bridgehead atoms. The number of nitrogens with zero attached hydrogens (tertiary/aromatic N) is 5. The average molecular weight is 607 g/mol. The van der Waals surface area contributed by atoms with Crippen LogP contribution >= 0.6 is 0 Å². The molecule has 10 heteroatoms. The SMILES string of the molecule is C#Cc1cccc2c(F)c(O)cc(-c3ncc4c(N5CC6CCC(C5)N6)nc(OCC56CC(=C)CN5CC(=C)C6)nc4c3F)c12.